The molecule has 0 saturated heterocycles. The molecular weight excluding hydrogens is 225 g/mol. The molecule has 0 atom stereocenters. The Morgan fingerprint density at radius 3 is 2.41 bits per heavy atom. The highest BCUT2D eigenvalue weighted by atomic mass is 19.1. The summed E-state index contributed by atoms with van der Waals surface area (Å²) in [7, 11) is 0. The maximum absolute atomic E-state index is 13.7. The highest BCUT2D eigenvalue weighted by Crippen LogP contribution is 2.32. The first-order valence-electron chi connectivity index (χ1n) is 4.82. The fourth-order valence-electron chi connectivity index (χ4n) is 1.54. The van der Waals surface area contributed by atoms with Crippen molar-refractivity contribution in [2.45, 2.75) is 0 Å². The number of phenols is 1. The van der Waals surface area contributed by atoms with Crippen molar-refractivity contribution < 1.29 is 14.4 Å². The van der Waals surface area contributed by atoms with Crippen molar-refractivity contribution in [2.75, 3.05) is 0 Å². The second-order valence-corrected chi connectivity index (χ2v) is 3.44. The standard InChI is InChI=1S/C12H8FNO3/c13-11-7-8(14(16)17)5-6-9(11)10-3-1-2-4-12(10)15/h1-7,15H. The van der Waals surface area contributed by atoms with Gasteiger partial charge in [0.1, 0.15) is 11.6 Å². The van der Waals surface area contributed by atoms with Crippen molar-refractivity contribution in [3.63, 3.8) is 0 Å². The van der Waals surface area contributed by atoms with Crippen molar-refractivity contribution in [2.24, 2.45) is 0 Å². The van der Waals surface area contributed by atoms with E-state index in [-0.39, 0.29) is 17.0 Å². The first-order chi connectivity index (χ1) is 8.09. The van der Waals surface area contributed by atoms with Crippen LogP contribution in [0.4, 0.5) is 10.1 Å². The summed E-state index contributed by atoms with van der Waals surface area (Å²) in [6.07, 6.45) is 0. The fourth-order valence-corrected chi connectivity index (χ4v) is 1.54. The number of para-hydroxylation sites is 1. The second kappa shape index (κ2) is 4.21. The molecule has 0 aliphatic heterocycles. The number of phenolic OH excluding ortho intramolecular Hbond substituents is 1. The Labute approximate surface area is 96.1 Å². The molecule has 0 saturated carbocycles. The van der Waals surface area contributed by atoms with Gasteiger partial charge in [-0.1, -0.05) is 18.2 Å². The van der Waals surface area contributed by atoms with E-state index in [0.717, 1.165) is 6.07 Å². The third-order valence-corrected chi connectivity index (χ3v) is 2.36. The lowest BCUT2D eigenvalue weighted by molar-refractivity contribution is -0.385. The molecule has 5 heteroatoms. The van der Waals surface area contributed by atoms with Crippen LogP contribution in [0.2, 0.25) is 0 Å². The van der Waals surface area contributed by atoms with E-state index >= 15 is 0 Å². The highest BCUT2D eigenvalue weighted by Gasteiger charge is 2.13. The van der Waals surface area contributed by atoms with Gasteiger partial charge < -0.3 is 5.11 Å². The fraction of sp³-hybridized carbons (Fsp3) is 0. The number of nitrogens with zero attached hydrogens (tertiary/aromatic N) is 1. The van der Waals surface area contributed by atoms with Gasteiger partial charge in [0.25, 0.3) is 5.69 Å². The number of hydrogen-bond acceptors (Lipinski definition) is 3. The van der Waals surface area contributed by atoms with Crippen LogP contribution in [0.25, 0.3) is 11.1 Å². The van der Waals surface area contributed by atoms with Crippen LogP contribution in [0.3, 0.4) is 0 Å². The first-order valence-corrected chi connectivity index (χ1v) is 4.82. The summed E-state index contributed by atoms with van der Waals surface area (Å²) in [6.45, 7) is 0. The molecule has 0 aliphatic carbocycles. The molecule has 0 fully saturated rings. The van der Waals surface area contributed by atoms with Gasteiger partial charge in [0.2, 0.25) is 0 Å². The molecular formula is C12H8FNO3. The highest BCUT2D eigenvalue weighted by molar-refractivity contribution is 5.71. The molecule has 0 radical (unpaired) electrons. The monoisotopic (exact) mass is 233 g/mol. The Kier molecular flexibility index (Phi) is 2.74. The molecule has 0 bridgehead atoms. The third-order valence-electron chi connectivity index (χ3n) is 2.36. The number of benzene rings is 2. The quantitative estimate of drug-likeness (QED) is 0.640. The maximum Gasteiger partial charge on any atom is 0.272 e. The lowest BCUT2D eigenvalue weighted by Gasteiger charge is -2.05. The smallest absolute Gasteiger partial charge is 0.272 e. The Hall–Kier alpha value is -2.43. The van der Waals surface area contributed by atoms with Crippen LogP contribution < -0.4 is 0 Å². The van der Waals surface area contributed by atoms with Gasteiger partial charge >= 0.3 is 0 Å². The summed E-state index contributed by atoms with van der Waals surface area (Å²) >= 11 is 0. The lowest BCUT2D eigenvalue weighted by atomic mass is 10.0. The van der Waals surface area contributed by atoms with E-state index in [1.165, 1.54) is 18.2 Å². The maximum atomic E-state index is 13.7. The van der Waals surface area contributed by atoms with E-state index < -0.39 is 10.7 Å². The largest absolute Gasteiger partial charge is 0.507 e. The zero-order chi connectivity index (χ0) is 12.4. The van der Waals surface area contributed by atoms with Gasteiger partial charge in [-0.05, 0) is 12.1 Å². The Balaban J connectivity index is 2.55. The number of aromatic hydroxyl groups is 1. The predicted octanol–water partition coefficient (Wildman–Crippen LogP) is 3.11. The Morgan fingerprint density at radius 2 is 1.82 bits per heavy atom. The topological polar surface area (TPSA) is 63.4 Å². The van der Waals surface area contributed by atoms with Crippen LogP contribution in [0, 0.1) is 15.9 Å². The van der Waals surface area contributed by atoms with E-state index in [1.54, 1.807) is 18.2 Å². The lowest BCUT2D eigenvalue weighted by Crippen LogP contribution is -1.91. The van der Waals surface area contributed by atoms with E-state index in [0.29, 0.717) is 5.56 Å². The molecule has 0 heterocycles. The van der Waals surface area contributed by atoms with Crippen LogP contribution in [-0.2, 0) is 0 Å². The minimum Gasteiger partial charge on any atom is -0.507 e. The number of halogens is 1. The molecule has 0 aliphatic rings. The van der Waals surface area contributed by atoms with Crippen molar-refractivity contribution >= 4 is 5.69 Å². The molecule has 17 heavy (non-hydrogen) atoms. The molecule has 2 aromatic rings. The molecule has 1 N–H and O–H groups in total. The van der Waals surface area contributed by atoms with Gasteiger partial charge in [0.15, 0.2) is 0 Å². The zero-order valence-corrected chi connectivity index (χ0v) is 8.63. The molecule has 0 spiro atoms. The van der Waals surface area contributed by atoms with Crippen LogP contribution in [0.5, 0.6) is 5.75 Å². The molecule has 86 valence electrons. The van der Waals surface area contributed by atoms with E-state index in [4.69, 9.17) is 0 Å². The number of nitro groups is 1. The van der Waals surface area contributed by atoms with Crippen LogP contribution >= 0.6 is 0 Å². The van der Waals surface area contributed by atoms with Crippen molar-refractivity contribution in [3.05, 3.63) is 58.4 Å². The summed E-state index contributed by atoms with van der Waals surface area (Å²) in [4.78, 5) is 9.79. The Morgan fingerprint density at radius 1 is 1.12 bits per heavy atom. The summed E-state index contributed by atoms with van der Waals surface area (Å²) in [5.41, 5.74) is 0.121. The van der Waals surface area contributed by atoms with Crippen LogP contribution in [0.1, 0.15) is 0 Å². The van der Waals surface area contributed by atoms with E-state index in [9.17, 15) is 19.6 Å². The minimum atomic E-state index is -0.735. The van der Waals surface area contributed by atoms with Gasteiger partial charge in [-0.2, -0.15) is 0 Å². The number of non-ortho nitro benzene ring substituents is 1. The summed E-state index contributed by atoms with van der Waals surface area (Å²) in [5.74, 6) is -0.805. The van der Waals surface area contributed by atoms with Crippen LogP contribution in [-0.4, -0.2) is 10.0 Å². The normalized spacial score (nSPS) is 10.2. The van der Waals surface area contributed by atoms with Gasteiger partial charge in [0.05, 0.1) is 11.0 Å². The van der Waals surface area contributed by atoms with Crippen molar-refractivity contribution in [1.29, 1.82) is 0 Å². The van der Waals surface area contributed by atoms with Crippen LogP contribution in [0.15, 0.2) is 42.5 Å². The number of rotatable bonds is 2. The van der Waals surface area contributed by atoms with Gasteiger partial charge in [-0.15, -0.1) is 0 Å². The zero-order valence-electron chi connectivity index (χ0n) is 8.63. The molecule has 0 aromatic heterocycles. The molecule has 4 nitrogen and oxygen atoms in total. The summed E-state index contributed by atoms with van der Waals surface area (Å²) < 4.78 is 13.7. The molecule has 2 aromatic carbocycles. The van der Waals surface area contributed by atoms with Crippen molar-refractivity contribution in [1.82, 2.24) is 0 Å². The number of nitro benzene ring substituents is 1. The van der Waals surface area contributed by atoms with E-state index in [2.05, 4.69) is 0 Å². The summed E-state index contributed by atoms with van der Waals surface area (Å²) in [6, 6.07) is 9.54. The SMILES string of the molecule is O=[N+]([O-])c1ccc(-c2ccccc2O)c(F)c1. The summed E-state index contributed by atoms with van der Waals surface area (Å²) in [5, 5.41) is 20.0. The molecule has 2 rings (SSSR count). The van der Waals surface area contributed by atoms with Crippen molar-refractivity contribution in [3.8, 4) is 16.9 Å². The average Bonchev–Trinajstić information content (AvgIpc) is 2.30. The predicted molar refractivity (Wildman–Crippen MR) is 60.2 cm³/mol. The Bertz CT molecular complexity index is 584. The van der Waals surface area contributed by atoms with Gasteiger partial charge in [-0.3, -0.25) is 10.1 Å². The van der Waals surface area contributed by atoms with Gasteiger partial charge in [0, 0.05) is 17.2 Å². The second-order valence-electron chi connectivity index (χ2n) is 3.44. The third kappa shape index (κ3) is 2.08. The minimum absolute atomic E-state index is 0.0692. The molecule has 0 unspecified atom stereocenters. The van der Waals surface area contributed by atoms with Gasteiger partial charge in [-0.25, -0.2) is 4.39 Å². The molecule has 0 amide bonds. The number of hydrogen-bond donors (Lipinski definition) is 1. The van der Waals surface area contributed by atoms with E-state index in [1.807, 2.05) is 0 Å². The first kappa shape index (κ1) is 11.1. The average molecular weight is 233 g/mol.